The first-order chi connectivity index (χ1) is 10.8. The summed E-state index contributed by atoms with van der Waals surface area (Å²) in [6.07, 6.45) is 1.71. The van der Waals surface area contributed by atoms with Crippen LogP contribution < -0.4 is 9.46 Å². The number of nitrogens with one attached hydrogen (secondary N) is 1. The highest BCUT2D eigenvalue weighted by atomic mass is 32.2. The number of nitrogens with zero attached hydrogens (tertiary/aromatic N) is 1. The van der Waals surface area contributed by atoms with Crippen LogP contribution in [0.3, 0.4) is 0 Å². The van der Waals surface area contributed by atoms with Crippen molar-refractivity contribution < 1.29 is 9.29 Å². The topological polar surface area (TPSA) is 57.2 Å². The third-order valence-corrected chi connectivity index (χ3v) is 5.00. The van der Waals surface area contributed by atoms with Crippen LogP contribution in [0.25, 0.3) is 0 Å². The van der Waals surface area contributed by atoms with Crippen LogP contribution >= 0.6 is 0 Å². The Hall–Kier alpha value is -1.56. The molecule has 1 unspecified atom stereocenters. The molecule has 0 aliphatic rings. The number of ether oxygens (including phenoxy) is 1. The number of pyridine rings is 1. The molecule has 0 amide bonds. The van der Waals surface area contributed by atoms with E-state index in [2.05, 4.69) is 9.71 Å². The minimum absolute atomic E-state index is 0.0326. The molecule has 0 fully saturated rings. The van der Waals surface area contributed by atoms with Gasteiger partial charge in [0.15, 0.2) is 0 Å². The highest BCUT2D eigenvalue weighted by Gasteiger charge is 2.28. The second-order valence-corrected chi connectivity index (χ2v) is 8.53. The molecule has 1 aromatic carbocycles. The van der Waals surface area contributed by atoms with Crippen molar-refractivity contribution in [1.29, 1.82) is 0 Å². The van der Waals surface area contributed by atoms with Gasteiger partial charge in [-0.2, -0.15) is 0 Å². The van der Waals surface area contributed by atoms with Gasteiger partial charge in [0.05, 0.1) is 12.2 Å². The molecule has 2 aromatic rings. The third-order valence-electron chi connectivity index (χ3n) is 3.32. The number of hydrogen-bond donors (Lipinski definition) is 1. The van der Waals surface area contributed by atoms with E-state index in [9.17, 15) is 4.55 Å². The lowest BCUT2D eigenvalue weighted by molar-refractivity contribution is 0.478. The molecule has 0 bridgehead atoms. The van der Waals surface area contributed by atoms with Gasteiger partial charge in [-0.15, -0.1) is 4.72 Å². The smallest absolute Gasteiger partial charge is 0.145 e. The fraction of sp³-hybridized carbons (Fsp3) is 0.389. The third kappa shape index (κ3) is 5.23. The van der Waals surface area contributed by atoms with E-state index in [1.54, 1.807) is 6.20 Å². The minimum Gasteiger partial charge on any atom is -0.598 e. The first kappa shape index (κ1) is 17.8. The molecule has 23 heavy (non-hydrogen) atoms. The molecule has 0 aliphatic heterocycles. The van der Waals surface area contributed by atoms with Gasteiger partial charge in [-0.1, -0.05) is 12.1 Å². The van der Waals surface area contributed by atoms with E-state index < -0.39 is 11.4 Å². The Morgan fingerprint density at radius 1 is 1.17 bits per heavy atom. The molecule has 2 atom stereocenters. The quantitative estimate of drug-likeness (QED) is 0.830. The van der Waals surface area contributed by atoms with Gasteiger partial charge in [-0.25, -0.2) is 0 Å². The summed E-state index contributed by atoms with van der Waals surface area (Å²) in [5.74, 6) is 1.44. The molecule has 5 heteroatoms. The fourth-order valence-corrected chi connectivity index (χ4v) is 2.71. The average Bonchev–Trinajstić information content (AvgIpc) is 2.49. The van der Waals surface area contributed by atoms with Crippen LogP contribution in [0.4, 0.5) is 0 Å². The predicted octanol–water partition coefficient (Wildman–Crippen LogP) is 4.30. The Morgan fingerprint density at radius 3 is 2.52 bits per heavy atom. The van der Waals surface area contributed by atoms with Crippen molar-refractivity contribution in [2.75, 3.05) is 0 Å². The van der Waals surface area contributed by atoms with E-state index in [1.807, 2.05) is 71.0 Å². The Kier molecular flexibility index (Phi) is 5.68. The summed E-state index contributed by atoms with van der Waals surface area (Å²) in [5.41, 5.74) is 1.98. The lowest BCUT2D eigenvalue weighted by atomic mass is 10.1. The molecule has 1 N–H and O–H groups in total. The highest BCUT2D eigenvalue weighted by Crippen LogP contribution is 2.25. The largest absolute Gasteiger partial charge is 0.598 e. The molecule has 124 valence electrons. The number of aryl methyl sites for hydroxylation is 1. The van der Waals surface area contributed by atoms with Gasteiger partial charge in [0.2, 0.25) is 0 Å². The molecule has 1 aromatic heterocycles. The first-order valence-electron chi connectivity index (χ1n) is 7.64. The predicted molar refractivity (Wildman–Crippen MR) is 94.9 cm³/mol. The van der Waals surface area contributed by atoms with E-state index in [-0.39, 0.29) is 10.8 Å². The van der Waals surface area contributed by atoms with Gasteiger partial charge >= 0.3 is 0 Å². The summed E-state index contributed by atoms with van der Waals surface area (Å²) in [6, 6.07) is 11.6. The van der Waals surface area contributed by atoms with Crippen LogP contribution in [0.15, 0.2) is 42.6 Å². The lowest BCUT2D eigenvalue weighted by Crippen LogP contribution is -2.40. The van der Waals surface area contributed by atoms with Crippen molar-refractivity contribution in [3.05, 3.63) is 53.9 Å². The van der Waals surface area contributed by atoms with Gasteiger partial charge in [-0.3, -0.25) is 4.98 Å². The van der Waals surface area contributed by atoms with Gasteiger partial charge in [0, 0.05) is 17.1 Å². The molecule has 4 nitrogen and oxygen atoms in total. The minimum atomic E-state index is -1.12. The van der Waals surface area contributed by atoms with E-state index >= 15 is 0 Å². The van der Waals surface area contributed by atoms with E-state index in [1.165, 1.54) is 0 Å². The van der Waals surface area contributed by atoms with Gasteiger partial charge in [-0.05, 0) is 64.4 Å². The summed E-state index contributed by atoms with van der Waals surface area (Å²) >= 11 is -1.12. The molecular formula is C18H24N2O2S. The second-order valence-electron chi connectivity index (χ2n) is 6.53. The van der Waals surface area contributed by atoms with Crippen molar-refractivity contribution in [3.63, 3.8) is 0 Å². The SMILES string of the molecule is Cc1ccc(Oc2cccc([C@H](C)N[S+]([O-])C(C)(C)C)c2)cn1. The average molecular weight is 332 g/mol. The maximum absolute atomic E-state index is 12.2. The summed E-state index contributed by atoms with van der Waals surface area (Å²) in [7, 11) is 0. The number of benzene rings is 1. The number of aromatic nitrogens is 1. The zero-order valence-electron chi connectivity index (χ0n) is 14.3. The highest BCUT2D eigenvalue weighted by molar-refractivity contribution is 7.90. The van der Waals surface area contributed by atoms with Crippen LogP contribution in [-0.2, 0) is 11.4 Å². The molecule has 0 saturated heterocycles. The summed E-state index contributed by atoms with van der Waals surface area (Å²) in [4.78, 5) is 4.22. The van der Waals surface area contributed by atoms with Crippen LogP contribution in [0.1, 0.15) is 45.0 Å². The zero-order chi connectivity index (χ0) is 17.0. The number of hydrogen-bond acceptors (Lipinski definition) is 4. The monoisotopic (exact) mass is 332 g/mol. The Labute approximate surface area is 141 Å². The summed E-state index contributed by atoms with van der Waals surface area (Å²) in [6.45, 7) is 9.79. The second kappa shape index (κ2) is 7.34. The van der Waals surface area contributed by atoms with Crippen LogP contribution in [0, 0.1) is 6.92 Å². The Bertz CT molecular complexity index is 638. The van der Waals surface area contributed by atoms with E-state index in [0.29, 0.717) is 5.75 Å². The zero-order valence-corrected chi connectivity index (χ0v) is 15.1. The van der Waals surface area contributed by atoms with Crippen LogP contribution in [0.2, 0.25) is 0 Å². The van der Waals surface area contributed by atoms with Gasteiger partial charge in [0.25, 0.3) is 0 Å². The standard InChI is InChI=1S/C18H24N2O2S/c1-13-9-10-17(12-19-13)22-16-8-6-7-15(11-16)14(2)20-23(21)18(3,4)5/h6-12,14,20H,1-5H3/t14-,23?/m0/s1. The van der Waals surface area contributed by atoms with Crippen molar-refractivity contribution in [2.45, 2.75) is 45.4 Å². The molecular weight excluding hydrogens is 308 g/mol. The van der Waals surface area contributed by atoms with E-state index in [0.717, 1.165) is 17.0 Å². The normalized spacial score (nSPS) is 14.3. The van der Waals surface area contributed by atoms with Crippen molar-refractivity contribution in [3.8, 4) is 11.5 Å². The van der Waals surface area contributed by atoms with Crippen LogP contribution in [0.5, 0.6) is 11.5 Å². The molecule has 0 spiro atoms. The lowest BCUT2D eigenvalue weighted by Gasteiger charge is -2.26. The Morgan fingerprint density at radius 2 is 1.91 bits per heavy atom. The van der Waals surface area contributed by atoms with Crippen molar-refractivity contribution in [1.82, 2.24) is 9.71 Å². The van der Waals surface area contributed by atoms with E-state index in [4.69, 9.17) is 4.74 Å². The van der Waals surface area contributed by atoms with Crippen molar-refractivity contribution >= 4 is 11.4 Å². The summed E-state index contributed by atoms with van der Waals surface area (Å²) < 4.78 is 20.9. The van der Waals surface area contributed by atoms with Crippen LogP contribution in [-0.4, -0.2) is 14.3 Å². The molecule has 2 rings (SSSR count). The number of rotatable bonds is 5. The van der Waals surface area contributed by atoms with Gasteiger partial charge < -0.3 is 9.29 Å². The maximum Gasteiger partial charge on any atom is 0.145 e. The first-order valence-corrected chi connectivity index (χ1v) is 8.79. The fourth-order valence-electron chi connectivity index (χ4n) is 1.90. The Balaban J connectivity index is 2.08. The van der Waals surface area contributed by atoms with Crippen molar-refractivity contribution in [2.24, 2.45) is 0 Å². The molecule has 0 aliphatic carbocycles. The van der Waals surface area contributed by atoms with Gasteiger partial charge in [0.1, 0.15) is 16.2 Å². The maximum atomic E-state index is 12.2. The molecule has 0 saturated carbocycles. The summed E-state index contributed by atoms with van der Waals surface area (Å²) in [5, 5.41) is 0. The molecule has 0 radical (unpaired) electrons. The molecule has 1 heterocycles.